The molecule has 17 heavy (non-hydrogen) atoms. The standard InChI is InChI=1S/C13H14ClNO2/c1-16-11-6-10(8-2-4-15-7-8)12(14)9-3-5-17-13(9)11/h3,5-6,8,15H,2,4,7H2,1H3. The molecule has 3 rings (SSSR count). The molecular weight excluding hydrogens is 238 g/mol. The summed E-state index contributed by atoms with van der Waals surface area (Å²) in [5, 5.41) is 5.09. The van der Waals surface area contributed by atoms with Gasteiger partial charge < -0.3 is 14.5 Å². The number of hydrogen-bond acceptors (Lipinski definition) is 3. The van der Waals surface area contributed by atoms with Gasteiger partial charge in [-0.25, -0.2) is 0 Å². The third-order valence-electron chi connectivity index (χ3n) is 3.39. The maximum absolute atomic E-state index is 6.45. The van der Waals surface area contributed by atoms with Crippen LogP contribution >= 0.6 is 11.6 Å². The van der Waals surface area contributed by atoms with Crippen LogP contribution in [-0.4, -0.2) is 20.2 Å². The van der Waals surface area contributed by atoms with Crippen LogP contribution in [0.4, 0.5) is 0 Å². The van der Waals surface area contributed by atoms with E-state index in [1.807, 2.05) is 12.1 Å². The Hall–Kier alpha value is -1.19. The average Bonchev–Trinajstić information content (AvgIpc) is 3.00. The molecule has 4 heteroatoms. The van der Waals surface area contributed by atoms with E-state index in [0.717, 1.165) is 46.8 Å². The normalized spacial score (nSPS) is 20.0. The zero-order valence-corrected chi connectivity index (χ0v) is 10.4. The molecule has 3 nitrogen and oxygen atoms in total. The first-order chi connectivity index (χ1) is 8.31. The lowest BCUT2D eigenvalue weighted by atomic mass is 9.96. The SMILES string of the molecule is COc1cc(C2CCNC2)c(Cl)c2ccoc12. The largest absolute Gasteiger partial charge is 0.493 e. The Morgan fingerprint density at radius 1 is 1.53 bits per heavy atom. The van der Waals surface area contributed by atoms with Gasteiger partial charge in [-0.05, 0) is 36.6 Å². The maximum Gasteiger partial charge on any atom is 0.177 e. The van der Waals surface area contributed by atoms with E-state index in [4.69, 9.17) is 20.8 Å². The molecule has 1 N–H and O–H groups in total. The van der Waals surface area contributed by atoms with Gasteiger partial charge in [-0.1, -0.05) is 11.6 Å². The molecule has 1 aliphatic rings. The van der Waals surface area contributed by atoms with Crippen LogP contribution in [0.15, 0.2) is 22.8 Å². The minimum absolute atomic E-state index is 0.468. The summed E-state index contributed by atoms with van der Waals surface area (Å²) < 4.78 is 10.8. The van der Waals surface area contributed by atoms with Gasteiger partial charge >= 0.3 is 0 Å². The van der Waals surface area contributed by atoms with E-state index in [1.165, 1.54) is 0 Å². The Kier molecular flexibility index (Phi) is 2.73. The quantitative estimate of drug-likeness (QED) is 0.890. The second-order valence-corrected chi connectivity index (χ2v) is 4.71. The Morgan fingerprint density at radius 3 is 3.12 bits per heavy atom. The number of nitrogens with one attached hydrogen (secondary N) is 1. The van der Waals surface area contributed by atoms with Gasteiger partial charge in [0.2, 0.25) is 0 Å². The van der Waals surface area contributed by atoms with Gasteiger partial charge in [-0.3, -0.25) is 0 Å². The van der Waals surface area contributed by atoms with E-state index in [0.29, 0.717) is 5.92 Å². The number of fused-ring (bicyclic) bond motifs is 1. The van der Waals surface area contributed by atoms with Gasteiger partial charge in [-0.2, -0.15) is 0 Å². The first kappa shape index (κ1) is 10.9. The van der Waals surface area contributed by atoms with Crippen molar-refractivity contribution in [3.63, 3.8) is 0 Å². The van der Waals surface area contributed by atoms with Gasteiger partial charge in [0.1, 0.15) is 0 Å². The smallest absolute Gasteiger partial charge is 0.177 e. The van der Waals surface area contributed by atoms with Crippen molar-refractivity contribution in [1.82, 2.24) is 5.32 Å². The number of rotatable bonds is 2. The first-order valence-electron chi connectivity index (χ1n) is 5.75. The molecule has 1 aliphatic heterocycles. The van der Waals surface area contributed by atoms with Crippen molar-refractivity contribution in [3.8, 4) is 5.75 Å². The van der Waals surface area contributed by atoms with Crippen molar-refractivity contribution in [2.75, 3.05) is 20.2 Å². The minimum Gasteiger partial charge on any atom is -0.493 e. The van der Waals surface area contributed by atoms with E-state index in [9.17, 15) is 0 Å². The van der Waals surface area contributed by atoms with Crippen molar-refractivity contribution < 1.29 is 9.15 Å². The van der Waals surface area contributed by atoms with E-state index >= 15 is 0 Å². The lowest BCUT2D eigenvalue weighted by Gasteiger charge is -2.13. The first-order valence-corrected chi connectivity index (χ1v) is 6.13. The molecule has 0 radical (unpaired) electrons. The predicted octanol–water partition coefficient (Wildman–Crippen LogP) is 3.17. The van der Waals surface area contributed by atoms with Gasteiger partial charge in [0, 0.05) is 11.9 Å². The number of methoxy groups -OCH3 is 1. The Labute approximate surface area is 105 Å². The van der Waals surface area contributed by atoms with Gasteiger partial charge in [0.15, 0.2) is 11.3 Å². The highest BCUT2D eigenvalue weighted by Gasteiger charge is 2.23. The van der Waals surface area contributed by atoms with E-state index in [-0.39, 0.29) is 0 Å². The van der Waals surface area contributed by atoms with Crippen LogP contribution in [0.2, 0.25) is 5.02 Å². The summed E-state index contributed by atoms with van der Waals surface area (Å²) in [5.74, 6) is 1.23. The highest BCUT2D eigenvalue weighted by atomic mass is 35.5. The molecular formula is C13H14ClNO2. The van der Waals surface area contributed by atoms with E-state index in [2.05, 4.69) is 5.32 Å². The lowest BCUT2D eigenvalue weighted by molar-refractivity contribution is 0.409. The summed E-state index contributed by atoms with van der Waals surface area (Å²) in [7, 11) is 1.65. The molecule has 0 aliphatic carbocycles. The van der Waals surface area contributed by atoms with Gasteiger partial charge in [0.25, 0.3) is 0 Å². The molecule has 1 aromatic carbocycles. The summed E-state index contributed by atoms with van der Waals surface area (Å²) in [5.41, 5.74) is 1.88. The molecule has 2 aromatic rings. The van der Waals surface area contributed by atoms with Crippen LogP contribution in [0.5, 0.6) is 5.75 Å². The minimum atomic E-state index is 0.468. The molecule has 1 saturated heterocycles. The summed E-state index contributed by atoms with van der Waals surface area (Å²) in [6.45, 7) is 2.03. The highest BCUT2D eigenvalue weighted by molar-refractivity contribution is 6.36. The molecule has 1 aromatic heterocycles. The maximum atomic E-state index is 6.45. The molecule has 0 amide bonds. The van der Waals surface area contributed by atoms with Crippen molar-refractivity contribution >= 4 is 22.6 Å². The monoisotopic (exact) mass is 251 g/mol. The zero-order valence-electron chi connectivity index (χ0n) is 9.63. The lowest BCUT2D eigenvalue weighted by Crippen LogP contribution is -2.08. The van der Waals surface area contributed by atoms with Crippen LogP contribution in [0.1, 0.15) is 17.9 Å². The molecule has 1 fully saturated rings. The number of furan rings is 1. The van der Waals surface area contributed by atoms with Gasteiger partial charge in [0.05, 0.1) is 18.4 Å². The molecule has 0 saturated carbocycles. The topological polar surface area (TPSA) is 34.4 Å². The molecule has 90 valence electrons. The van der Waals surface area contributed by atoms with Crippen molar-refractivity contribution in [2.45, 2.75) is 12.3 Å². The van der Waals surface area contributed by atoms with Crippen molar-refractivity contribution in [1.29, 1.82) is 0 Å². The molecule has 2 heterocycles. The number of ether oxygens (including phenoxy) is 1. The summed E-state index contributed by atoms with van der Waals surface area (Å²) in [6.07, 6.45) is 2.77. The predicted molar refractivity (Wildman–Crippen MR) is 68.0 cm³/mol. The van der Waals surface area contributed by atoms with Crippen LogP contribution in [0.3, 0.4) is 0 Å². The Bertz CT molecular complexity index is 544. The second-order valence-electron chi connectivity index (χ2n) is 4.34. The molecule has 0 spiro atoms. The fraction of sp³-hybridized carbons (Fsp3) is 0.385. The van der Waals surface area contributed by atoms with Crippen molar-refractivity contribution in [3.05, 3.63) is 29.0 Å². The molecule has 0 bridgehead atoms. The number of benzene rings is 1. The molecule has 1 atom stereocenters. The Balaban J connectivity index is 2.20. The van der Waals surface area contributed by atoms with Crippen molar-refractivity contribution in [2.24, 2.45) is 0 Å². The van der Waals surface area contributed by atoms with E-state index in [1.54, 1.807) is 13.4 Å². The summed E-state index contributed by atoms with van der Waals surface area (Å²) in [4.78, 5) is 0. The summed E-state index contributed by atoms with van der Waals surface area (Å²) in [6, 6.07) is 3.90. The molecule has 1 unspecified atom stereocenters. The van der Waals surface area contributed by atoms with Crippen LogP contribution < -0.4 is 10.1 Å². The Morgan fingerprint density at radius 2 is 2.41 bits per heavy atom. The fourth-order valence-corrected chi connectivity index (χ4v) is 2.83. The third-order valence-corrected chi connectivity index (χ3v) is 3.81. The van der Waals surface area contributed by atoms with Gasteiger partial charge in [-0.15, -0.1) is 0 Å². The van der Waals surface area contributed by atoms with Crippen LogP contribution in [0.25, 0.3) is 11.0 Å². The second kappa shape index (κ2) is 4.24. The number of hydrogen-bond donors (Lipinski definition) is 1. The third kappa shape index (κ3) is 1.70. The number of halogens is 1. The average molecular weight is 252 g/mol. The van der Waals surface area contributed by atoms with Crippen LogP contribution in [-0.2, 0) is 0 Å². The summed E-state index contributed by atoms with van der Waals surface area (Å²) >= 11 is 6.45. The highest BCUT2D eigenvalue weighted by Crippen LogP contribution is 2.40. The van der Waals surface area contributed by atoms with E-state index < -0.39 is 0 Å². The fourth-order valence-electron chi connectivity index (χ4n) is 2.47. The van der Waals surface area contributed by atoms with Crippen LogP contribution in [0, 0.1) is 0 Å². The zero-order chi connectivity index (χ0) is 11.8.